The van der Waals surface area contributed by atoms with Crippen LogP contribution in [0, 0.1) is 0 Å². The molecular formula is C14H15F3N6O. The van der Waals surface area contributed by atoms with E-state index in [9.17, 15) is 18.0 Å². The number of nitrogens with zero attached hydrogens (tertiary/aromatic N) is 6. The van der Waals surface area contributed by atoms with Crippen molar-refractivity contribution < 1.29 is 13.2 Å². The number of hydrogen-bond acceptors (Lipinski definition) is 6. The highest BCUT2D eigenvalue weighted by molar-refractivity contribution is 5.40. The number of halogens is 3. The summed E-state index contributed by atoms with van der Waals surface area (Å²) in [5, 5.41) is 0. The molecule has 0 unspecified atom stereocenters. The van der Waals surface area contributed by atoms with E-state index in [1.54, 1.807) is 24.3 Å². The zero-order valence-electron chi connectivity index (χ0n) is 12.9. The van der Waals surface area contributed by atoms with Crippen molar-refractivity contribution in [3.05, 3.63) is 40.7 Å². The van der Waals surface area contributed by atoms with Crippen LogP contribution in [-0.4, -0.2) is 45.7 Å². The Labute approximate surface area is 135 Å². The molecule has 24 heavy (non-hydrogen) atoms. The first-order chi connectivity index (χ1) is 11.4. The first-order valence-corrected chi connectivity index (χ1v) is 7.28. The van der Waals surface area contributed by atoms with Crippen molar-refractivity contribution in [1.82, 2.24) is 19.5 Å². The van der Waals surface area contributed by atoms with Crippen molar-refractivity contribution in [3.63, 3.8) is 0 Å². The number of rotatable bonds is 2. The lowest BCUT2D eigenvalue weighted by Crippen LogP contribution is -2.49. The second kappa shape index (κ2) is 6.10. The van der Waals surface area contributed by atoms with Gasteiger partial charge in [0.05, 0.1) is 0 Å². The highest BCUT2D eigenvalue weighted by atomic mass is 19.4. The summed E-state index contributed by atoms with van der Waals surface area (Å²) in [5.74, 6) is 0.378. The van der Waals surface area contributed by atoms with Crippen molar-refractivity contribution in [2.24, 2.45) is 7.05 Å². The zero-order valence-corrected chi connectivity index (χ0v) is 12.9. The fourth-order valence-electron chi connectivity index (χ4n) is 2.48. The minimum atomic E-state index is -4.50. The first-order valence-electron chi connectivity index (χ1n) is 7.28. The van der Waals surface area contributed by atoms with Gasteiger partial charge < -0.3 is 14.4 Å². The van der Waals surface area contributed by atoms with Gasteiger partial charge in [-0.15, -0.1) is 0 Å². The summed E-state index contributed by atoms with van der Waals surface area (Å²) in [7, 11) is 1.64. The van der Waals surface area contributed by atoms with Crippen LogP contribution in [0.2, 0.25) is 0 Å². The predicted molar refractivity (Wildman–Crippen MR) is 80.9 cm³/mol. The largest absolute Gasteiger partial charge is 0.433 e. The first kappa shape index (κ1) is 16.2. The fraction of sp³-hybridized carbons (Fsp3) is 0.429. The Kier molecular flexibility index (Phi) is 4.12. The van der Waals surface area contributed by atoms with E-state index < -0.39 is 11.9 Å². The number of piperazine rings is 1. The topological polar surface area (TPSA) is 67.2 Å². The minimum absolute atomic E-state index is 0.0402. The quantitative estimate of drug-likeness (QED) is 0.810. The Bertz CT molecular complexity index is 783. The summed E-state index contributed by atoms with van der Waals surface area (Å²) in [6.07, 6.45) is -0.288. The Hall–Kier alpha value is -2.65. The summed E-state index contributed by atoms with van der Waals surface area (Å²) in [4.78, 5) is 27.2. The molecule has 3 heterocycles. The highest BCUT2D eigenvalue weighted by Crippen LogP contribution is 2.28. The Morgan fingerprint density at radius 3 is 2.38 bits per heavy atom. The molecule has 0 spiro atoms. The maximum Gasteiger partial charge on any atom is 0.433 e. The molecule has 1 aliphatic rings. The van der Waals surface area contributed by atoms with Crippen molar-refractivity contribution >= 4 is 11.8 Å². The molecule has 0 aliphatic carbocycles. The van der Waals surface area contributed by atoms with Gasteiger partial charge in [0, 0.05) is 51.8 Å². The van der Waals surface area contributed by atoms with E-state index in [1.165, 1.54) is 4.57 Å². The second-order valence-electron chi connectivity index (χ2n) is 5.38. The highest BCUT2D eigenvalue weighted by Gasteiger charge is 2.33. The lowest BCUT2D eigenvalue weighted by atomic mass is 10.3. The normalized spacial score (nSPS) is 15.7. The smallest absolute Gasteiger partial charge is 0.348 e. The molecule has 2 aromatic heterocycles. The molecule has 1 saturated heterocycles. The van der Waals surface area contributed by atoms with Crippen molar-refractivity contribution in [2.75, 3.05) is 36.0 Å². The summed E-state index contributed by atoms with van der Waals surface area (Å²) in [5.41, 5.74) is -1.17. The molecule has 0 bridgehead atoms. The van der Waals surface area contributed by atoms with E-state index in [1.807, 2.05) is 4.90 Å². The van der Waals surface area contributed by atoms with Gasteiger partial charge in [-0.1, -0.05) is 0 Å². The van der Waals surface area contributed by atoms with Crippen LogP contribution in [0.4, 0.5) is 24.9 Å². The van der Waals surface area contributed by atoms with Crippen LogP contribution >= 0.6 is 0 Å². The summed E-state index contributed by atoms with van der Waals surface area (Å²) in [6.45, 7) is 1.71. The molecule has 1 aliphatic heterocycles. The Balaban J connectivity index is 1.74. The summed E-state index contributed by atoms with van der Waals surface area (Å²) in [6, 6.07) is 0.845. The van der Waals surface area contributed by atoms with Gasteiger partial charge in [-0.2, -0.15) is 13.2 Å². The standard InChI is InChI=1S/C14H15F3N6O/c1-21-5-4-18-11(12(21)24)22-6-8-23(9-7-22)13-19-3-2-10(20-13)14(15,16)17/h2-5H,6-9H2,1H3. The van der Waals surface area contributed by atoms with Gasteiger partial charge in [0.2, 0.25) is 5.95 Å². The molecule has 1 fully saturated rings. The average Bonchev–Trinajstić information content (AvgIpc) is 2.57. The van der Waals surface area contributed by atoms with Gasteiger partial charge in [0.15, 0.2) is 5.82 Å². The summed E-state index contributed by atoms with van der Waals surface area (Å²) >= 11 is 0. The van der Waals surface area contributed by atoms with Gasteiger partial charge in [-0.25, -0.2) is 15.0 Å². The van der Waals surface area contributed by atoms with Crippen molar-refractivity contribution in [1.29, 1.82) is 0 Å². The van der Waals surface area contributed by atoms with E-state index in [4.69, 9.17) is 0 Å². The molecule has 0 saturated carbocycles. The molecule has 7 nitrogen and oxygen atoms in total. The summed E-state index contributed by atoms with van der Waals surface area (Å²) < 4.78 is 39.7. The maximum absolute atomic E-state index is 12.7. The number of hydrogen-bond donors (Lipinski definition) is 0. The maximum atomic E-state index is 12.7. The Morgan fingerprint density at radius 1 is 1.04 bits per heavy atom. The van der Waals surface area contributed by atoms with E-state index >= 15 is 0 Å². The number of aryl methyl sites for hydroxylation is 1. The second-order valence-corrected chi connectivity index (χ2v) is 5.38. The van der Waals surface area contributed by atoms with Crippen LogP contribution in [0.15, 0.2) is 29.5 Å². The van der Waals surface area contributed by atoms with Gasteiger partial charge in [0.1, 0.15) is 5.69 Å². The van der Waals surface area contributed by atoms with Crippen LogP contribution in [0.25, 0.3) is 0 Å². The van der Waals surface area contributed by atoms with E-state index in [-0.39, 0.29) is 11.5 Å². The minimum Gasteiger partial charge on any atom is -0.348 e. The third-order valence-electron chi connectivity index (χ3n) is 3.79. The number of aromatic nitrogens is 4. The number of alkyl halides is 3. The zero-order chi connectivity index (χ0) is 17.3. The van der Waals surface area contributed by atoms with Gasteiger partial charge in [-0.05, 0) is 6.07 Å². The fourth-order valence-corrected chi connectivity index (χ4v) is 2.48. The van der Waals surface area contributed by atoms with Crippen LogP contribution in [0.3, 0.4) is 0 Å². The Morgan fingerprint density at radius 2 is 1.71 bits per heavy atom. The molecule has 128 valence electrons. The van der Waals surface area contributed by atoms with Gasteiger partial charge in [-0.3, -0.25) is 4.79 Å². The molecule has 2 aromatic rings. The van der Waals surface area contributed by atoms with Gasteiger partial charge >= 0.3 is 6.18 Å². The van der Waals surface area contributed by atoms with Crippen molar-refractivity contribution in [2.45, 2.75) is 6.18 Å². The molecule has 0 amide bonds. The molecule has 3 rings (SSSR count). The average molecular weight is 340 g/mol. The van der Waals surface area contributed by atoms with E-state index in [2.05, 4.69) is 15.0 Å². The molecule has 10 heteroatoms. The molecule has 0 radical (unpaired) electrons. The van der Waals surface area contributed by atoms with E-state index in [0.717, 1.165) is 12.3 Å². The lowest BCUT2D eigenvalue weighted by Gasteiger charge is -2.35. The van der Waals surface area contributed by atoms with Crippen LogP contribution < -0.4 is 15.4 Å². The third-order valence-corrected chi connectivity index (χ3v) is 3.79. The van der Waals surface area contributed by atoms with Gasteiger partial charge in [0.25, 0.3) is 5.56 Å². The number of anilines is 2. The van der Waals surface area contributed by atoms with Crippen LogP contribution in [0.5, 0.6) is 0 Å². The SMILES string of the molecule is Cn1ccnc(N2CCN(c3nccc(C(F)(F)F)n3)CC2)c1=O. The predicted octanol–water partition coefficient (Wildman–Crippen LogP) is 0.916. The third kappa shape index (κ3) is 3.17. The molecule has 0 aromatic carbocycles. The van der Waals surface area contributed by atoms with E-state index in [0.29, 0.717) is 32.0 Å². The van der Waals surface area contributed by atoms with Crippen molar-refractivity contribution in [3.8, 4) is 0 Å². The molecular weight excluding hydrogens is 325 g/mol. The molecule has 0 N–H and O–H groups in total. The monoisotopic (exact) mass is 340 g/mol. The van der Waals surface area contributed by atoms with Crippen LogP contribution in [-0.2, 0) is 13.2 Å². The molecule has 0 atom stereocenters. The lowest BCUT2D eigenvalue weighted by molar-refractivity contribution is -0.141. The van der Waals surface area contributed by atoms with Crippen LogP contribution in [0.1, 0.15) is 5.69 Å².